The Morgan fingerprint density at radius 2 is 2.11 bits per heavy atom. The molecular formula is C14H19ClN2S. The molecule has 0 amide bonds. The highest BCUT2D eigenvalue weighted by Crippen LogP contribution is 2.30. The highest BCUT2D eigenvalue weighted by Gasteiger charge is 2.20. The molecule has 0 saturated carbocycles. The molecule has 0 N–H and O–H groups in total. The third-order valence-corrected chi connectivity index (χ3v) is 4.09. The standard InChI is InChI=1S/C14H19ClN2S/c1-4-11(9-18-3)17-13-8-6-5-7-12(13)16-14(17)10(2)15/h5-8,10-11H,4,9H2,1-3H3. The van der Waals surface area contributed by atoms with Crippen LogP contribution in [0, 0.1) is 0 Å². The second-order valence-electron chi connectivity index (χ2n) is 4.46. The molecule has 98 valence electrons. The van der Waals surface area contributed by atoms with E-state index in [1.54, 1.807) is 0 Å². The van der Waals surface area contributed by atoms with Crippen LogP contribution in [0.2, 0.25) is 0 Å². The molecule has 0 spiro atoms. The van der Waals surface area contributed by atoms with Gasteiger partial charge >= 0.3 is 0 Å². The predicted octanol–water partition coefficient (Wildman–Crippen LogP) is 4.65. The van der Waals surface area contributed by atoms with Crippen LogP contribution in [0.4, 0.5) is 0 Å². The molecule has 0 aliphatic rings. The first-order valence-corrected chi connectivity index (χ1v) is 8.12. The lowest BCUT2D eigenvalue weighted by atomic mass is 10.2. The third-order valence-electron chi connectivity index (χ3n) is 3.17. The van der Waals surface area contributed by atoms with Crippen molar-refractivity contribution in [3.63, 3.8) is 0 Å². The number of hydrogen-bond acceptors (Lipinski definition) is 2. The number of hydrogen-bond donors (Lipinski definition) is 0. The fraction of sp³-hybridized carbons (Fsp3) is 0.500. The first-order chi connectivity index (χ1) is 8.69. The lowest BCUT2D eigenvalue weighted by molar-refractivity contribution is 0.530. The summed E-state index contributed by atoms with van der Waals surface area (Å²) >= 11 is 8.16. The van der Waals surface area contributed by atoms with Crippen molar-refractivity contribution in [2.75, 3.05) is 12.0 Å². The van der Waals surface area contributed by atoms with Crippen LogP contribution in [0.3, 0.4) is 0 Å². The van der Waals surface area contributed by atoms with Crippen LogP contribution in [0.15, 0.2) is 24.3 Å². The smallest absolute Gasteiger partial charge is 0.127 e. The Kier molecular flexibility index (Phi) is 4.57. The van der Waals surface area contributed by atoms with E-state index in [9.17, 15) is 0 Å². The lowest BCUT2D eigenvalue weighted by Gasteiger charge is -2.20. The lowest BCUT2D eigenvalue weighted by Crippen LogP contribution is -2.14. The van der Waals surface area contributed by atoms with Gasteiger partial charge in [0.05, 0.1) is 16.4 Å². The van der Waals surface area contributed by atoms with Crippen LogP contribution >= 0.6 is 23.4 Å². The molecule has 1 aromatic heterocycles. The molecule has 0 aliphatic heterocycles. The van der Waals surface area contributed by atoms with Crippen LogP contribution in [0.5, 0.6) is 0 Å². The van der Waals surface area contributed by atoms with Crippen LogP contribution in [-0.4, -0.2) is 21.6 Å². The number of benzene rings is 1. The van der Waals surface area contributed by atoms with Crippen LogP contribution in [0.1, 0.15) is 37.5 Å². The van der Waals surface area contributed by atoms with Crippen LogP contribution in [0.25, 0.3) is 11.0 Å². The Bertz CT molecular complexity index is 521. The van der Waals surface area contributed by atoms with Gasteiger partial charge in [-0.3, -0.25) is 0 Å². The summed E-state index contributed by atoms with van der Waals surface area (Å²) < 4.78 is 2.32. The number of para-hydroxylation sites is 2. The minimum absolute atomic E-state index is 0.0618. The van der Waals surface area contributed by atoms with Crippen molar-refractivity contribution in [2.24, 2.45) is 0 Å². The Labute approximate surface area is 118 Å². The first-order valence-electron chi connectivity index (χ1n) is 6.28. The van der Waals surface area contributed by atoms with Gasteiger partial charge in [-0.15, -0.1) is 11.6 Å². The number of nitrogens with zero attached hydrogens (tertiary/aromatic N) is 2. The van der Waals surface area contributed by atoms with Crippen molar-refractivity contribution >= 4 is 34.4 Å². The van der Waals surface area contributed by atoms with E-state index in [0.717, 1.165) is 23.5 Å². The summed E-state index contributed by atoms with van der Waals surface area (Å²) in [7, 11) is 0. The second-order valence-corrected chi connectivity index (χ2v) is 6.03. The summed E-state index contributed by atoms with van der Waals surface area (Å²) in [5.41, 5.74) is 2.24. The molecule has 2 unspecified atom stereocenters. The van der Waals surface area contributed by atoms with Gasteiger partial charge in [0.1, 0.15) is 5.82 Å². The van der Waals surface area contributed by atoms with E-state index >= 15 is 0 Å². The van der Waals surface area contributed by atoms with Crippen molar-refractivity contribution in [3.05, 3.63) is 30.1 Å². The molecule has 2 rings (SSSR count). The van der Waals surface area contributed by atoms with Gasteiger partial charge < -0.3 is 4.57 Å². The Morgan fingerprint density at radius 3 is 2.72 bits per heavy atom. The van der Waals surface area contributed by atoms with Crippen molar-refractivity contribution in [3.8, 4) is 0 Å². The van der Waals surface area contributed by atoms with E-state index in [2.05, 4.69) is 40.9 Å². The van der Waals surface area contributed by atoms with Gasteiger partial charge in [-0.1, -0.05) is 19.1 Å². The van der Waals surface area contributed by atoms with Crippen molar-refractivity contribution < 1.29 is 0 Å². The molecule has 4 heteroatoms. The average Bonchev–Trinajstić information content (AvgIpc) is 2.75. The minimum Gasteiger partial charge on any atom is -0.323 e. The van der Waals surface area contributed by atoms with Gasteiger partial charge in [0, 0.05) is 11.8 Å². The highest BCUT2D eigenvalue weighted by molar-refractivity contribution is 7.98. The Balaban J connectivity index is 2.60. The molecule has 2 aromatic rings. The zero-order valence-electron chi connectivity index (χ0n) is 11.1. The van der Waals surface area contributed by atoms with Gasteiger partial charge in [-0.05, 0) is 31.7 Å². The summed E-state index contributed by atoms with van der Waals surface area (Å²) in [6.07, 6.45) is 3.24. The maximum absolute atomic E-state index is 6.29. The number of fused-ring (bicyclic) bond motifs is 1. The van der Waals surface area contributed by atoms with E-state index < -0.39 is 0 Å². The Hall–Kier alpha value is -0.670. The molecule has 1 heterocycles. The molecular weight excluding hydrogens is 264 g/mol. The molecule has 0 aliphatic carbocycles. The molecule has 2 atom stereocenters. The summed E-state index contributed by atoms with van der Waals surface area (Å²) in [5, 5.41) is -0.0618. The summed E-state index contributed by atoms with van der Waals surface area (Å²) in [6, 6.07) is 8.74. The maximum Gasteiger partial charge on any atom is 0.127 e. The summed E-state index contributed by atoms with van der Waals surface area (Å²) in [6.45, 7) is 4.21. The van der Waals surface area contributed by atoms with Gasteiger partial charge in [-0.25, -0.2) is 4.98 Å². The summed E-state index contributed by atoms with van der Waals surface area (Å²) in [4.78, 5) is 4.69. The van der Waals surface area contributed by atoms with Crippen LogP contribution < -0.4 is 0 Å². The number of aromatic nitrogens is 2. The van der Waals surface area contributed by atoms with Crippen LogP contribution in [-0.2, 0) is 0 Å². The van der Waals surface area contributed by atoms with Gasteiger partial charge in [0.15, 0.2) is 0 Å². The number of imidazole rings is 1. The SMILES string of the molecule is CCC(CSC)n1c(C(C)Cl)nc2ccccc21. The maximum atomic E-state index is 6.29. The zero-order valence-corrected chi connectivity index (χ0v) is 12.6. The van der Waals surface area contributed by atoms with Crippen molar-refractivity contribution in [1.82, 2.24) is 9.55 Å². The number of halogens is 1. The molecule has 0 radical (unpaired) electrons. The molecule has 1 aromatic carbocycles. The molecule has 0 fully saturated rings. The fourth-order valence-electron chi connectivity index (χ4n) is 2.29. The molecule has 2 nitrogen and oxygen atoms in total. The largest absolute Gasteiger partial charge is 0.323 e. The van der Waals surface area contributed by atoms with E-state index in [-0.39, 0.29) is 5.38 Å². The Morgan fingerprint density at radius 1 is 1.39 bits per heavy atom. The van der Waals surface area contributed by atoms with E-state index in [0.29, 0.717) is 6.04 Å². The minimum atomic E-state index is -0.0618. The van der Waals surface area contributed by atoms with Gasteiger partial charge in [0.25, 0.3) is 0 Å². The van der Waals surface area contributed by atoms with Gasteiger partial charge in [-0.2, -0.15) is 11.8 Å². The number of alkyl halides is 1. The van der Waals surface area contributed by atoms with Crippen molar-refractivity contribution in [2.45, 2.75) is 31.7 Å². The normalized spacial score (nSPS) is 14.9. The molecule has 0 bridgehead atoms. The molecule has 0 saturated heterocycles. The fourth-order valence-corrected chi connectivity index (χ4v) is 3.22. The first kappa shape index (κ1) is 13.8. The third kappa shape index (κ3) is 2.52. The van der Waals surface area contributed by atoms with E-state index in [1.807, 2.05) is 24.8 Å². The summed E-state index contributed by atoms with van der Waals surface area (Å²) in [5.74, 6) is 2.08. The number of rotatable bonds is 5. The van der Waals surface area contributed by atoms with Crippen molar-refractivity contribution in [1.29, 1.82) is 0 Å². The second kappa shape index (κ2) is 5.98. The quantitative estimate of drug-likeness (QED) is 0.743. The topological polar surface area (TPSA) is 17.8 Å². The van der Waals surface area contributed by atoms with E-state index in [4.69, 9.17) is 11.6 Å². The molecule has 18 heavy (non-hydrogen) atoms. The van der Waals surface area contributed by atoms with E-state index in [1.165, 1.54) is 5.52 Å². The number of thioether (sulfide) groups is 1. The predicted molar refractivity (Wildman–Crippen MR) is 81.7 cm³/mol. The highest BCUT2D eigenvalue weighted by atomic mass is 35.5. The zero-order chi connectivity index (χ0) is 13.1. The van der Waals surface area contributed by atoms with Gasteiger partial charge in [0.2, 0.25) is 0 Å². The monoisotopic (exact) mass is 282 g/mol. The average molecular weight is 283 g/mol.